The molecule has 0 spiro atoms. The largest absolute Gasteiger partial charge is 0.456 e. The fourth-order valence-electron chi connectivity index (χ4n) is 4.22. The van der Waals surface area contributed by atoms with Crippen LogP contribution in [0.1, 0.15) is 0 Å². The minimum absolute atomic E-state index is 0.718. The number of benzene rings is 5. The Labute approximate surface area is 166 Å². The molecule has 5 aromatic carbocycles. The Balaban J connectivity index is 1.66. The monoisotopic (exact) mass is 378 g/mol. The van der Waals surface area contributed by atoms with Crippen LogP contribution in [0.15, 0.2) is 95.4 Å². The lowest BCUT2D eigenvalue weighted by Crippen LogP contribution is -1.82. The molecule has 0 unspecified atom stereocenters. The highest BCUT2D eigenvalue weighted by Crippen LogP contribution is 2.39. The van der Waals surface area contributed by atoms with Crippen LogP contribution in [0.4, 0.5) is 0 Å². The smallest absolute Gasteiger partial charge is 0.136 e. The van der Waals surface area contributed by atoms with E-state index in [-0.39, 0.29) is 0 Å². The molecule has 132 valence electrons. The summed E-state index contributed by atoms with van der Waals surface area (Å²) in [5, 5.41) is 7.94. The highest BCUT2D eigenvalue weighted by Gasteiger charge is 2.13. The van der Waals surface area contributed by atoms with Gasteiger partial charge in [0.05, 0.1) is 0 Å². The van der Waals surface area contributed by atoms with Gasteiger partial charge in [-0.15, -0.1) is 0 Å². The maximum Gasteiger partial charge on any atom is 0.136 e. The second-order valence-electron chi connectivity index (χ2n) is 7.14. The molecule has 0 amide bonds. The van der Waals surface area contributed by atoms with Crippen molar-refractivity contribution in [2.75, 3.05) is 0 Å². The topological polar surface area (TPSA) is 13.1 Å². The van der Waals surface area contributed by atoms with Crippen LogP contribution < -0.4 is 0 Å². The summed E-state index contributed by atoms with van der Waals surface area (Å²) >= 11 is 6.27. The molecule has 28 heavy (non-hydrogen) atoms. The Morgan fingerprint density at radius 2 is 1.43 bits per heavy atom. The average molecular weight is 379 g/mol. The molecular formula is C26H15ClO. The van der Waals surface area contributed by atoms with Crippen molar-refractivity contribution >= 4 is 55.1 Å². The van der Waals surface area contributed by atoms with Crippen molar-refractivity contribution < 1.29 is 4.42 Å². The Bertz CT molecular complexity index is 1520. The fourth-order valence-corrected chi connectivity index (χ4v) is 4.39. The number of fused-ring (bicyclic) bond motifs is 6. The van der Waals surface area contributed by atoms with Crippen LogP contribution in [0.2, 0.25) is 5.02 Å². The normalized spacial score (nSPS) is 11.8. The maximum absolute atomic E-state index is 6.27. The maximum atomic E-state index is 6.27. The Hall–Kier alpha value is -3.29. The van der Waals surface area contributed by atoms with E-state index in [4.69, 9.17) is 16.0 Å². The summed E-state index contributed by atoms with van der Waals surface area (Å²) in [6.45, 7) is 0. The zero-order valence-corrected chi connectivity index (χ0v) is 15.7. The van der Waals surface area contributed by atoms with Crippen LogP contribution in [0.5, 0.6) is 0 Å². The minimum atomic E-state index is 0.718. The molecule has 0 fully saturated rings. The van der Waals surface area contributed by atoms with Crippen molar-refractivity contribution in [1.29, 1.82) is 0 Å². The van der Waals surface area contributed by atoms with Gasteiger partial charge in [-0.1, -0.05) is 72.3 Å². The number of halogens is 1. The summed E-state index contributed by atoms with van der Waals surface area (Å²) < 4.78 is 6.06. The van der Waals surface area contributed by atoms with Gasteiger partial charge >= 0.3 is 0 Å². The lowest BCUT2D eigenvalue weighted by atomic mass is 9.95. The number of rotatable bonds is 1. The van der Waals surface area contributed by atoms with Crippen LogP contribution >= 0.6 is 11.6 Å². The fraction of sp³-hybridized carbons (Fsp3) is 0. The number of hydrogen-bond acceptors (Lipinski definition) is 1. The molecule has 0 aliphatic rings. The molecule has 0 saturated heterocycles. The molecule has 1 nitrogen and oxygen atoms in total. The van der Waals surface area contributed by atoms with Gasteiger partial charge in [0.2, 0.25) is 0 Å². The van der Waals surface area contributed by atoms with Crippen LogP contribution in [0, 0.1) is 0 Å². The van der Waals surface area contributed by atoms with E-state index in [1.807, 2.05) is 30.3 Å². The number of furan rings is 1. The van der Waals surface area contributed by atoms with Gasteiger partial charge in [0.25, 0.3) is 0 Å². The van der Waals surface area contributed by atoms with Crippen molar-refractivity contribution in [2.24, 2.45) is 0 Å². The molecule has 0 N–H and O–H groups in total. The van der Waals surface area contributed by atoms with Gasteiger partial charge in [0.1, 0.15) is 11.2 Å². The van der Waals surface area contributed by atoms with Crippen molar-refractivity contribution in [1.82, 2.24) is 0 Å². The summed E-state index contributed by atoms with van der Waals surface area (Å²) in [5.41, 5.74) is 4.08. The van der Waals surface area contributed by atoms with E-state index in [1.54, 1.807) is 0 Å². The summed E-state index contributed by atoms with van der Waals surface area (Å²) in [5.74, 6) is 0. The van der Waals surface area contributed by atoms with Crippen molar-refractivity contribution in [2.45, 2.75) is 0 Å². The molecule has 0 aliphatic carbocycles. The zero-order valence-electron chi connectivity index (χ0n) is 14.9. The third-order valence-corrected chi connectivity index (χ3v) is 5.75. The van der Waals surface area contributed by atoms with Gasteiger partial charge in [0, 0.05) is 15.8 Å². The van der Waals surface area contributed by atoms with Gasteiger partial charge < -0.3 is 4.42 Å². The SMILES string of the molecule is Clc1ccc2oc3cccc(-c4ccc5c(ccc6ccccc65)c4)c3c2c1. The summed E-state index contributed by atoms with van der Waals surface area (Å²) in [7, 11) is 0. The predicted octanol–water partition coefficient (Wildman–Crippen LogP) is 8.21. The summed E-state index contributed by atoms with van der Waals surface area (Å²) in [6, 6.07) is 31.6. The molecule has 1 heterocycles. The van der Waals surface area contributed by atoms with Crippen LogP contribution in [-0.4, -0.2) is 0 Å². The molecule has 1 aromatic heterocycles. The first-order chi connectivity index (χ1) is 13.8. The van der Waals surface area contributed by atoms with E-state index in [0.717, 1.165) is 32.5 Å². The van der Waals surface area contributed by atoms with Gasteiger partial charge in [-0.05, 0) is 63.0 Å². The molecule has 0 atom stereocenters. The highest BCUT2D eigenvalue weighted by molar-refractivity contribution is 6.32. The first-order valence-electron chi connectivity index (χ1n) is 9.31. The quantitative estimate of drug-likeness (QED) is 0.263. The predicted molar refractivity (Wildman–Crippen MR) is 119 cm³/mol. The minimum Gasteiger partial charge on any atom is -0.456 e. The first-order valence-corrected chi connectivity index (χ1v) is 9.68. The van der Waals surface area contributed by atoms with E-state index in [2.05, 4.69) is 60.7 Å². The first kappa shape index (κ1) is 15.7. The third-order valence-electron chi connectivity index (χ3n) is 5.51. The molecule has 0 radical (unpaired) electrons. The highest BCUT2D eigenvalue weighted by atomic mass is 35.5. The number of hydrogen-bond donors (Lipinski definition) is 0. The van der Waals surface area contributed by atoms with Gasteiger partial charge in [0.15, 0.2) is 0 Å². The van der Waals surface area contributed by atoms with Crippen LogP contribution in [0.3, 0.4) is 0 Å². The van der Waals surface area contributed by atoms with E-state index >= 15 is 0 Å². The molecular weight excluding hydrogens is 364 g/mol. The zero-order chi connectivity index (χ0) is 18.7. The van der Waals surface area contributed by atoms with Crippen molar-refractivity contribution in [3.05, 3.63) is 96.0 Å². The molecule has 0 aliphatic heterocycles. The van der Waals surface area contributed by atoms with E-state index in [9.17, 15) is 0 Å². The van der Waals surface area contributed by atoms with E-state index in [1.165, 1.54) is 27.1 Å². The second kappa shape index (κ2) is 5.85. The standard InChI is InChI=1S/C26H15ClO/c27-19-11-13-24-23(15-19)26-22(6-3-7-25(26)28-24)18-10-12-21-17(14-18)9-8-16-4-1-2-5-20(16)21/h1-15H. The van der Waals surface area contributed by atoms with E-state index in [0.29, 0.717) is 0 Å². The summed E-state index contributed by atoms with van der Waals surface area (Å²) in [6.07, 6.45) is 0. The Morgan fingerprint density at radius 1 is 0.571 bits per heavy atom. The van der Waals surface area contributed by atoms with Gasteiger partial charge in [-0.2, -0.15) is 0 Å². The van der Waals surface area contributed by atoms with Gasteiger partial charge in [-0.3, -0.25) is 0 Å². The van der Waals surface area contributed by atoms with Crippen LogP contribution in [-0.2, 0) is 0 Å². The second-order valence-corrected chi connectivity index (χ2v) is 7.58. The third kappa shape index (κ3) is 2.27. The Morgan fingerprint density at radius 3 is 2.39 bits per heavy atom. The van der Waals surface area contributed by atoms with Crippen LogP contribution in [0.25, 0.3) is 54.6 Å². The lowest BCUT2D eigenvalue weighted by molar-refractivity contribution is 0.669. The lowest BCUT2D eigenvalue weighted by Gasteiger charge is -2.08. The summed E-state index contributed by atoms with van der Waals surface area (Å²) in [4.78, 5) is 0. The van der Waals surface area contributed by atoms with Crippen molar-refractivity contribution in [3.63, 3.8) is 0 Å². The molecule has 6 rings (SSSR count). The Kier molecular flexibility index (Phi) is 3.29. The molecule has 0 bridgehead atoms. The van der Waals surface area contributed by atoms with Gasteiger partial charge in [-0.25, -0.2) is 0 Å². The van der Waals surface area contributed by atoms with E-state index < -0.39 is 0 Å². The molecule has 6 aromatic rings. The average Bonchev–Trinajstić information content (AvgIpc) is 3.11. The molecule has 0 saturated carbocycles. The molecule has 2 heteroatoms. The van der Waals surface area contributed by atoms with Crippen molar-refractivity contribution in [3.8, 4) is 11.1 Å².